The standard InChI is InChI=1S/C13H27NO/c1-10(9-11(2)15)14-12-5-7-13(3,4)8-6-12/h10-12,14-15H,5-9H2,1-4H3. The van der Waals surface area contributed by atoms with Crippen molar-refractivity contribution in [3.63, 3.8) is 0 Å². The molecule has 2 heteroatoms. The Bertz CT molecular complexity index is 179. The molecule has 2 N–H and O–H groups in total. The van der Waals surface area contributed by atoms with Crippen molar-refractivity contribution in [3.05, 3.63) is 0 Å². The molecule has 0 saturated heterocycles. The van der Waals surface area contributed by atoms with Crippen LogP contribution in [0.3, 0.4) is 0 Å². The summed E-state index contributed by atoms with van der Waals surface area (Å²) in [6.07, 6.45) is 5.90. The monoisotopic (exact) mass is 213 g/mol. The third-order valence-electron chi connectivity index (χ3n) is 3.55. The summed E-state index contributed by atoms with van der Waals surface area (Å²) in [5.41, 5.74) is 0.547. The molecule has 0 spiro atoms. The highest BCUT2D eigenvalue weighted by Crippen LogP contribution is 2.35. The first-order chi connectivity index (χ1) is 6.89. The molecular weight excluding hydrogens is 186 g/mol. The van der Waals surface area contributed by atoms with Crippen molar-refractivity contribution in [2.24, 2.45) is 5.41 Å². The van der Waals surface area contributed by atoms with E-state index in [2.05, 4.69) is 26.1 Å². The second-order valence-corrected chi connectivity index (χ2v) is 6.09. The summed E-state index contributed by atoms with van der Waals surface area (Å²) in [6, 6.07) is 1.11. The normalized spacial score (nSPS) is 26.2. The fourth-order valence-corrected chi connectivity index (χ4v) is 2.55. The minimum Gasteiger partial charge on any atom is -0.393 e. The van der Waals surface area contributed by atoms with Crippen molar-refractivity contribution < 1.29 is 5.11 Å². The zero-order valence-corrected chi connectivity index (χ0v) is 10.7. The first kappa shape index (κ1) is 13.0. The van der Waals surface area contributed by atoms with Gasteiger partial charge in [-0.05, 0) is 51.4 Å². The molecule has 2 unspecified atom stereocenters. The van der Waals surface area contributed by atoms with Gasteiger partial charge in [-0.15, -0.1) is 0 Å². The summed E-state index contributed by atoms with van der Waals surface area (Å²) in [6.45, 7) is 8.76. The van der Waals surface area contributed by atoms with Gasteiger partial charge in [0.25, 0.3) is 0 Å². The summed E-state index contributed by atoms with van der Waals surface area (Å²) < 4.78 is 0. The van der Waals surface area contributed by atoms with E-state index >= 15 is 0 Å². The van der Waals surface area contributed by atoms with Gasteiger partial charge in [-0.25, -0.2) is 0 Å². The molecule has 0 aromatic heterocycles. The Morgan fingerprint density at radius 3 is 2.27 bits per heavy atom. The lowest BCUT2D eigenvalue weighted by Gasteiger charge is -2.36. The second kappa shape index (κ2) is 5.31. The van der Waals surface area contributed by atoms with E-state index in [1.807, 2.05) is 6.92 Å². The lowest BCUT2D eigenvalue weighted by molar-refractivity contribution is 0.155. The van der Waals surface area contributed by atoms with E-state index in [0.29, 0.717) is 17.5 Å². The van der Waals surface area contributed by atoms with Crippen LogP contribution in [0.15, 0.2) is 0 Å². The Morgan fingerprint density at radius 2 is 1.80 bits per heavy atom. The SMILES string of the molecule is CC(O)CC(C)NC1CCC(C)(C)CC1. The van der Waals surface area contributed by atoms with E-state index in [9.17, 15) is 5.11 Å². The highest BCUT2D eigenvalue weighted by Gasteiger charge is 2.27. The molecule has 0 aromatic carbocycles. The average Bonchev–Trinajstić information content (AvgIpc) is 2.07. The summed E-state index contributed by atoms with van der Waals surface area (Å²) in [5.74, 6) is 0. The molecule has 1 saturated carbocycles. The van der Waals surface area contributed by atoms with E-state index in [0.717, 1.165) is 6.42 Å². The van der Waals surface area contributed by atoms with E-state index in [4.69, 9.17) is 0 Å². The van der Waals surface area contributed by atoms with Crippen LogP contribution in [0.2, 0.25) is 0 Å². The molecule has 2 atom stereocenters. The Morgan fingerprint density at radius 1 is 1.27 bits per heavy atom. The maximum atomic E-state index is 9.30. The van der Waals surface area contributed by atoms with Crippen molar-refractivity contribution in [1.29, 1.82) is 0 Å². The molecule has 1 fully saturated rings. The highest BCUT2D eigenvalue weighted by atomic mass is 16.3. The number of aliphatic hydroxyl groups is 1. The molecule has 0 heterocycles. The summed E-state index contributed by atoms with van der Waals surface area (Å²) in [7, 11) is 0. The molecule has 0 aliphatic heterocycles. The maximum absolute atomic E-state index is 9.30. The predicted octanol–water partition coefficient (Wildman–Crippen LogP) is 2.70. The van der Waals surface area contributed by atoms with Gasteiger partial charge >= 0.3 is 0 Å². The zero-order valence-electron chi connectivity index (χ0n) is 10.7. The number of hydrogen-bond donors (Lipinski definition) is 2. The number of rotatable bonds is 4. The van der Waals surface area contributed by atoms with Crippen molar-refractivity contribution >= 4 is 0 Å². The van der Waals surface area contributed by atoms with Crippen LogP contribution < -0.4 is 5.32 Å². The molecule has 1 aliphatic rings. The van der Waals surface area contributed by atoms with Gasteiger partial charge in [-0.1, -0.05) is 13.8 Å². The minimum absolute atomic E-state index is 0.187. The van der Waals surface area contributed by atoms with Crippen LogP contribution >= 0.6 is 0 Å². The molecule has 1 rings (SSSR count). The Kier molecular flexibility index (Phi) is 4.60. The quantitative estimate of drug-likeness (QED) is 0.752. The molecule has 0 amide bonds. The van der Waals surface area contributed by atoms with Crippen LogP contribution in [0.25, 0.3) is 0 Å². The third kappa shape index (κ3) is 4.98. The fourth-order valence-electron chi connectivity index (χ4n) is 2.55. The second-order valence-electron chi connectivity index (χ2n) is 6.09. The van der Waals surface area contributed by atoms with Gasteiger partial charge in [-0.3, -0.25) is 0 Å². The van der Waals surface area contributed by atoms with Gasteiger partial charge in [0.05, 0.1) is 6.10 Å². The van der Waals surface area contributed by atoms with Gasteiger partial charge in [0.1, 0.15) is 0 Å². The number of hydrogen-bond acceptors (Lipinski definition) is 2. The Balaban J connectivity index is 2.23. The molecule has 90 valence electrons. The maximum Gasteiger partial charge on any atom is 0.0526 e. The highest BCUT2D eigenvalue weighted by molar-refractivity contribution is 4.83. The predicted molar refractivity (Wildman–Crippen MR) is 64.9 cm³/mol. The number of nitrogens with one attached hydrogen (secondary N) is 1. The first-order valence-corrected chi connectivity index (χ1v) is 6.33. The van der Waals surface area contributed by atoms with Crippen LogP contribution in [-0.4, -0.2) is 23.3 Å². The Labute approximate surface area is 94.5 Å². The summed E-state index contributed by atoms with van der Waals surface area (Å²) in [4.78, 5) is 0. The van der Waals surface area contributed by atoms with Crippen molar-refractivity contribution in [2.45, 2.75) is 78.0 Å². The van der Waals surface area contributed by atoms with Crippen LogP contribution in [0, 0.1) is 5.41 Å². The molecule has 1 aliphatic carbocycles. The van der Waals surface area contributed by atoms with E-state index < -0.39 is 0 Å². The fraction of sp³-hybridized carbons (Fsp3) is 1.00. The Hall–Kier alpha value is -0.0800. The summed E-state index contributed by atoms with van der Waals surface area (Å²) >= 11 is 0. The average molecular weight is 213 g/mol. The smallest absolute Gasteiger partial charge is 0.0526 e. The van der Waals surface area contributed by atoms with Gasteiger partial charge in [-0.2, -0.15) is 0 Å². The van der Waals surface area contributed by atoms with E-state index in [1.165, 1.54) is 25.7 Å². The zero-order chi connectivity index (χ0) is 11.5. The van der Waals surface area contributed by atoms with Crippen molar-refractivity contribution in [1.82, 2.24) is 5.32 Å². The third-order valence-corrected chi connectivity index (χ3v) is 3.55. The van der Waals surface area contributed by atoms with Crippen LogP contribution in [0.4, 0.5) is 0 Å². The van der Waals surface area contributed by atoms with E-state index in [-0.39, 0.29) is 6.10 Å². The van der Waals surface area contributed by atoms with E-state index in [1.54, 1.807) is 0 Å². The van der Waals surface area contributed by atoms with Crippen LogP contribution in [0.1, 0.15) is 59.8 Å². The molecule has 0 radical (unpaired) electrons. The summed E-state index contributed by atoms with van der Waals surface area (Å²) in [5, 5.41) is 12.9. The van der Waals surface area contributed by atoms with Crippen molar-refractivity contribution in [3.8, 4) is 0 Å². The van der Waals surface area contributed by atoms with Crippen LogP contribution in [0.5, 0.6) is 0 Å². The van der Waals surface area contributed by atoms with Gasteiger partial charge in [0.15, 0.2) is 0 Å². The largest absolute Gasteiger partial charge is 0.393 e. The lowest BCUT2D eigenvalue weighted by atomic mass is 9.75. The van der Waals surface area contributed by atoms with Crippen LogP contribution in [-0.2, 0) is 0 Å². The van der Waals surface area contributed by atoms with Gasteiger partial charge in [0.2, 0.25) is 0 Å². The van der Waals surface area contributed by atoms with Crippen molar-refractivity contribution in [2.75, 3.05) is 0 Å². The lowest BCUT2D eigenvalue weighted by Crippen LogP contribution is -2.41. The number of aliphatic hydroxyl groups excluding tert-OH is 1. The van der Waals surface area contributed by atoms with Gasteiger partial charge < -0.3 is 10.4 Å². The topological polar surface area (TPSA) is 32.3 Å². The molecule has 2 nitrogen and oxygen atoms in total. The minimum atomic E-state index is -0.187. The first-order valence-electron chi connectivity index (χ1n) is 6.33. The molecule has 0 bridgehead atoms. The molecule has 0 aromatic rings. The molecule has 15 heavy (non-hydrogen) atoms. The molecular formula is C13H27NO. The van der Waals surface area contributed by atoms with Gasteiger partial charge in [0, 0.05) is 12.1 Å².